The summed E-state index contributed by atoms with van der Waals surface area (Å²) < 4.78 is 26.6. The maximum atomic E-state index is 14.0. The molecule has 1 atom stereocenters. The Morgan fingerprint density at radius 2 is 1.45 bits per heavy atom. The van der Waals surface area contributed by atoms with Gasteiger partial charge in [0.1, 0.15) is 12.6 Å². The number of likely N-dealkylation sites (N-methyl/N-ethyl adjacent to an activating group) is 1. The minimum absolute atomic E-state index is 0.0202. The molecule has 13 heteroatoms. The first kappa shape index (κ1) is 32.3. The van der Waals surface area contributed by atoms with Crippen LogP contribution >= 0.6 is 58.0 Å². The lowest BCUT2D eigenvalue weighted by Crippen LogP contribution is -2.53. The minimum Gasteiger partial charge on any atom is -0.355 e. The van der Waals surface area contributed by atoms with E-state index in [9.17, 15) is 18.0 Å². The van der Waals surface area contributed by atoms with Crippen LogP contribution in [0.1, 0.15) is 18.1 Å². The summed E-state index contributed by atoms with van der Waals surface area (Å²) in [6, 6.07) is 15.6. The molecule has 1 N–H and O–H groups in total. The largest absolute Gasteiger partial charge is 0.355 e. The first-order valence-electron chi connectivity index (χ1n) is 12.0. The molecule has 3 aromatic carbocycles. The SMILES string of the molecule is CCNC(=O)[C@@H](Cc1ccccc1)N(Cc1ccc(Cl)c(Cl)c1)C(=O)CN(c1cc(Cl)c(Cl)cc1Cl)S(C)(=O)=O. The highest BCUT2D eigenvalue weighted by Crippen LogP contribution is 2.36. The zero-order valence-electron chi connectivity index (χ0n) is 21.5. The molecule has 0 aliphatic rings. The third kappa shape index (κ3) is 8.41. The van der Waals surface area contributed by atoms with Crippen molar-refractivity contribution >= 4 is 85.5 Å². The van der Waals surface area contributed by atoms with Gasteiger partial charge in [0.15, 0.2) is 0 Å². The van der Waals surface area contributed by atoms with Crippen LogP contribution in [-0.2, 0) is 32.6 Å². The maximum Gasteiger partial charge on any atom is 0.244 e. The number of amides is 2. The molecule has 214 valence electrons. The monoisotopic (exact) mass is 663 g/mol. The van der Waals surface area contributed by atoms with Crippen molar-refractivity contribution < 1.29 is 18.0 Å². The molecule has 0 saturated carbocycles. The summed E-state index contributed by atoms with van der Waals surface area (Å²) in [4.78, 5) is 28.7. The summed E-state index contributed by atoms with van der Waals surface area (Å²) in [5, 5.41) is 3.53. The van der Waals surface area contributed by atoms with Gasteiger partial charge in [0.25, 0.3) is 0 Å². The number of hydrogen-bond acceptors (Lipinski definition) is 4. The molecule has 2 amide bonds. The average Bonchev–Trinajstić information content (AvgIpc) is 2.89. The normalized spacial score (nSPS) is 12.1. The van der Waals surface area contributed by atoms with Gasteiger partial charge in [-0.15, -0.1) is 0 Å². The molecule has 0 radical (unpaired) electrons. The van der Waals surface area contributed by atoms with Crippen LogP contribution in [0.15, 0.2) is 60.7 Å². The molecule has 7 nitrogen and oxygen atoms in total. The van der Waals surface area contributed by atoms with Crippen LogP contribution < -0.4 is 9.62 Å². The fraction of sp³-hybridized carbons (Fsp3) is 0.259. The van der Waals surface area contributed by atoms with E-state index >= 15 is 0 Å². The Balaban J connectivity index is 2.10. The van der Waals surface area contributed by atoms with Gasteiger partial charge < -0.3 is 10.2 Å². The zero-order chi connectivity index (χ0) is 29.6. The van der Waals surface area contributed by atoms with Gasteiger partial charge in [-0.05, 0) is 42.3 Å². The first-order chi connectivity index (χ1) is 18.8. The Kier molecular flexibility index (Phi) is 11.4. The van der Waals surface area contributed by atoms with Crippen LogP contribution in [-0.4, -0.2) is 50.5 Å². The highest BCUT2D eigenvalue weighted by Gasteiger charge is 2.33. The van der Waals surface area contributed by atoms with Crippen molar-refractivity contribution in [1.29, 1.82) is 0 Å². The number of nitrogens with one attached hydrogen (secondary N) is 1. The van der Waals surface area contributed by atoms with Crippen LogP contribution in [0.5, 0.6) is 0 Å². The van der Waals surface area contributed by atoms with Gasteiger partial charge in [-0.25, -0.2) is 8.42 Å². The smallest absolute Gasteiger partial charge is 0.244 e. The maximum absolute atomic E-state index is 14.0. The van der Waals surface area contributed by atoms with Gasteiger partial charge in [0, 0.05) is 19.5 Å². The standard InChI is InChI=1S/C27H26Cl5N3O4S/c1-3-33-27(37)25(12-17-7-5-4-6-8-17)34(15-18-9-10-19(28)20(29)11-18)26(36)16-35(40(2,38)39)24-14-22(31)21(30)13-23(24)32/h4-11,13-14,25H,3,12,15-16H2,1-2H3,(H,33,37)/t25-/m1/s1. The first-order valence-corrected chi connectivity index (χ1v) is 15.7. The Labute approximate surface area is 258 Å². The summed E-state index contributed by atoms with van der Waals surface area (Å²) >= 11 is 30.8. The van der Waals surface area contributed by atoms with E-state index in [4.69, 9.17) is 58.0 Å². The lowest BCUT2D eigenvalue weighted by Gasteiger charge is -2.33. The van der Waals surface area contributed by atoms with E-state index < -0.39 is 34.4 Å². The molecule has 0 aliphatic heterocycles. The Hall–Kier alpha value is -2.20. The molecule has 0 saturated heterocycles. The molecular formula is C27H26Cl5N3O4S. The number of carbonyl (C=O) groups is 2. The lowest BCUT2D eigenvalue weighted by molar-refractivity contribution is -0.140. The van der Waals surface area contributed by atoms with E-state index in [1.165, 1.54) is 17.0 Å². The molecule has 0 aromatic heterocycles. The van der Waals surface area contributed by atoms with Crippen LogP contribution in [0.25, 0.3) is 0 Å². The fourth-order valence-corrected chi connectivity index (χ4v) is 5.85. The van der Waals surface area contributed by atoms with Crippen molar-refractivity contribution in [3.05, 3.63) is 96.9 Å². The van der Waals surface area contributed by atoms with Crippen molar-refractivity contribution in [3.8, 4) is 0 Å². The van der Waals surface area contributed by atoms with Gasteiger partial charge in [-0.1, -0.05) is 94.4 Å². The Bertz CT molecular complexity index is 1490. The van der Waals surface area contributed by atoms with Gasteiger partial charge in [-0.2, -0.15) is 0 Å². The second-order valence-electron chi connectivity index (χ2n) is 8.86. The van der Waals surface area contributed by atoms with E-state index in [1.54, 1.807) is 25.1 Å². The van der Waals surface area contributed by atoms with Crippen molar-refractivity contribution in [1.82, 2.24) is 10.2 Å². The van der Waals surface area contributed by atoms with Crippen molar-refractivity contribution in [2.75, 3.05) is 23.7 Å². The van der Waals surface area contributed by atoms with Crippen LogP contribution in [0.2, 0.25) is 25.1 Å². The second kappa shape index (κ2) is 14.1. The lowest BCUT2D eigenvalue weighted by atomic mass is 10.0. The number of carbonyl (C=O) groups excluding carboxylic acids is 2. The number of anilines is 1. The van der Waals surface area contributed by atoms with Crippen LogP contribution in [0, 0.1) is 0 Å². The number of benzene rings is 3. The molecule has 0 aliphatic carbocycles. The van der Waals surface area contributed by atoms with Crippen molar-refractivity contribution in [3.63, 3.8) is 0 Å². The van der Waals surface area contributed by atoms with E-state index in [-0.39, 0.29) is 38.7 Å². The molecule has 3 rings (SSSR count). The quantitative estimate of drug-likeness (QED) is 0.237. The highest BCUT2D eigenvalue weighted by atomic mass is 35.5. The third-order valence-corrected chi connectivity index (χ3v) is 8.79. The number of halogens is 5. The molecule has 40 heavy (non-hydrogen) atoms. The number of sulfonamides is 1. The van der Waals surface area contributed by atoms with E-state index in [1.807, 2.05) is 30.3 Å². The topological polar surface area (TPSA) is 86.8 Å². The van der Waals surface area contributed by atoms with Crippen molar-refractivity contribution in [2.45, 2.75) is 25.9 Å². The summed E-state index contributed by atoms with van der Waals surface area (Å²) in [6.45, 7) is 1.37. The predicted molar refractivity (Wildman–Crippen MR) is 163 cm³/mol. The zero-order valence-corrected chi connectivity index (χ0v) is 26.1. The summed E-state index contributed by atoms with van der Waals surface area (Å²) in [5.74, 6) is -1.07. The molecule has 0 heterocycles. The third-order valence-electron chi connectivity index (χ3n) is 5.90. The highest BCUT2D eigenvalue weighted by molar-refractivity contribution is 7.92. The van der Waals surface area contributed by atoms with Gasteiger partial charge in [-0.3, -0.25) is 13.9 Å². The Morgan fingerprint density at radius 3 is 2.05 bits per heavy atom. The number of rotatable bonds is 11. The second-order valence-corrected chi connectivity index (χ2v) is 12.8. The molecule has 3 aromatic rings. The van der Waals surface area contributed by atoms with Crippen LogP contribution in [0.4, 0.5) is 5.69 Å². The average molecular weight is 666 g/mol. The summed E-state index contributed by atoms with van der Waals surface area (Å²) in [6.07, 6.45) is 1.11. The molecule has 0 fully saturated rings. The number of nitrogens with zero attached hydrogens (tertiary/aromatic N) is 2. The number of hydrogen-bond donors (Lipinski definition) is 1. The molecule has 0 bridgehead atoms. The van der Waals surface area contributed by atoms with E-state index in [0.29, 0.717) is 17.1 Å². The molecular weight excluding hydrogens is 640 g/mol. The minimum atomic E-state index is -4.04. The summed E-state index contributed by atoms with van der Waals surface area (Å²) in [5.41, 5.74) is 1.36. The van der Waals surface area contributed by atoms with E-state index in [2.05, 4.69) is 5.32 Å². The van der Waals surface area contributed by atoms with Gasteiger partial charge in [0.2, 0.25) is 21.8 Å². The fourth-order valence-electron chi connectivity index (χ4n) is 3.98. The van der Waals surface area contributed by atoms with Gasteiger partial charge >= 0.3 is 0 Å². The molecule has 0 spiro atoms. The Morgan fingerprint density at radius 1 is 0.825 bits per heavy atom. The summed E-state index contributed by atoms with van der Waals surface area (Å²) in [7, 11) is -4.04. The van der Waals surface area contributed by atoms with Crippen molar-refractivity contribution in [2.24, 2.45) is 0 Å². The van der Waals surface area contributed by atoms with Crippen LogP contribution in [0.3, 0.4) is 0 Å². The van der Waals surface area contributed by atoms with E-state index in [0.717, 1.165) is 16.1 Å². The van der Waals surface area contributed by atoms with Gasteiger partial charge in [0.05, 0.1) is 37.1 Å². The predicted octanol–water partition coefficient (Wildman–Crippen LogP) is 6.50. The molecule has 0 unspecified atom stereocenters.